The van der Waals surface area contributed by atoms with Crippen molar-refractivity contribution in [3.05, 3.63) is 102 Å². The van der Waals surface area contributed by atoms with E-state index < -0.39 is 0 Å². The van der Waals surface area contributed by atoms with Gasteiger partial charge in [0.15, 0.2) is 5.88 Å². The monoisotopic (exact) mass is 597 g/mol. The number of ether oxygens (including phenoxy) is 3. The third-order valence-electron chi connectivity index (χ3n) is 5.32. The number of likely N-dealkylation sites (N-methyl/N-ethyl adjacent to an activating group) is 2. The summed E-state index contributed by atoms with van der Waals surface area (Å²) in [6.45, 7) is 2.95. The smallest absolute Gasteiger partial charge is 0.469 e. The number of para-hydroxylation sites is 1. The zero-order chi connectivity index (χ0) is 29.3. The standard InChI is InChI=1S/C30H37N7O4.K/c1-33-29(22-26(32)41-25-15-13-24(14-16-25)40-23-8-4-3-5-9-23)35-27-10-6-11-28(34-27)36-30(38)12-7-18-37(2)19-21-39-20-17-31;/h3-16,22H,17-21,31H2,1-2H3,(H4,32,33,34,35,36,38);/q;+1/p-1/b12-7+;. The van der Waals surface area contributed by atoms with Crippen LogP contribution in [0.3, 0.4) is 0 Å². The zero-order valence-corrected chi connectivity index (χ0v) is 27.4. The van der Waals surface area contributed by atoms with Gasteiger partial charge in [0.05, 0.1) is 19.0 Å². The van der Waals surface area contributed by atoms with Gasteiger partial charge in [0.2, 0.25) is 5.91 Å². The van der Waals surface area contributed by atoms with E-state index in [1.54, 1.807) is 55.6 Å². The molecule has 216 valence electrons. The number of amidine groups is 1. The first kappa shape index (κ1) is 35.1. The SMILES string of the molecule is C[N-]C(/C=C(\N)Oc1ccc(Oc2ccccc2)cc1)=N/c1cccc(NC(=O)/C=C/CN(C)CCOCCN)n1.[K+]. The van der Waals surface area contributed by atoms with Crippen LogP contribution in [-0.2, 0) is 9.53 Å². The summed E-state index contributed by atoms with van der Waals surface area (Å²) in [4.78, 5) is 23.1. The third-order valence-corrected chi connectivity index (χ3v) is 5.32. The van der Waals surface area contributed by atoms with Gasteiger partial charge in [-0.05, 0) is 61.7 Å². The first-order chi connectivity index (χ1) is 19.9. The molecule has 0 atom stereocenters. The van der Waals surface area contributed by atoms with Crippen molar-refractivity contribution in [2.45, 2.75) is 0 Å². The van der Waals surface area contributed by atoms with E-state index in [4.69, 9.17) is 25.7 Å². The molecule has 1 aromatic heterocycles. The van der Waals surface area contributed by atoms with E-state index in [1.165, 1.54) is 12.2 Å². The Kier molecular flexibility index (Phi) is 16.7. The molecule has 0 saturated carbocycles. The molecule has 5 N–H and O–H groups in total. The van der Waals surface area contributed by atoms with Crippen molar-refractivity contribution < 1.29 is 70.4 Å². The number of amides is 1. The number of carbonyl (C=O) groups excluding carboxylic acids is 1. The van der Waals surface area contributed by atoms with E-state index in [-0.39, 0.29) is 63.2 Å². The molecule has 0 bridgehead atoms. The van der Waals surface area contributed by atoms with Gasteiger partial charge in [-0.15, -0.1) is 0 Å². The Labute approximate surface area is 289 Å². The maximum atomic E-state index is 12.3. The van der Waals surface area contributed by atoms with E-state index in [9.17, 15) is 4.79 Å². The van der Waals surface area contributed by atoms with Crippen LogP contribution in [0.4, 0.5) is 11.6 Å². The van der Waals surface area contributed by atoms with Crippen molar-refractivity contribution in [2.75, 3.05) is 52.3 Å². The minimum atomic E-state index is -0.301. The molecule has 0 unspecified atom stereocenters. The second-order valence-corrected chi connectivity index (χ2v) is 8.66. The molecule has 0 saturated heterocycles. The number of hydrogen-bond acceptors (Lipinski definition) is 9. The van der Waals surface area contributed by atoms with E-state index in [0.717, 1.165) is 12.3 Å². The average Bonchev–Trinajstić information content (AvgIpc) is 2.97. The van der Waals surface area contributed by atoms with Crippen LogP contribution in [0.1, 0.15) is 0 Å². The minimum absolute atomic E-state index is 0. The van der Waals surface area contributed by atoms with Gasteiger partial charge < -0.3 is 46.2 Å². The summed E-state index contributed by atoms with van der Waals surface area (Å²) in [5, 5.41) is 6.87. The van der Waals surface area contributed by atoms with Gasteiger partial charge in [-0.2, -0.15) is 0 Å². The van der Waals surface area contributed by atoms with Gasteiger partial charge in [0.25, 0.3) is 0 Å². The summed E-state index contributed by atoms with van der Waals surface area (Å²) >= 11 is 0. The molecule has 11 nitrogen and oxygen atoms in total. The molecule has 1 heterocycles. The van der Waals surface area contributed by atoms with Crippen LogP contribution in [0, 0.1) is 0 Å². The van der Waals surface area contributed by atoms with Gasteiger partial charge >= 0.3 is 51.4 Å². The molecule has 0 spiro atoms. The van der Waals surface area contributed by atoms with Gasteiger partial charge in [-0.25, -0.2) is 4.98 Å². The topological polar surface area (TPSA) is 151 Å². The van der Waals surface area contributed by atoms with E-state index >= 15 is 0 Å². The molecular weight excluding hydrogens is 561 g/mol. The number of aromatic nitrogens is 1. The summed E-state index contributed by atoms with van der Waals surface area (Å²) < 4.78 is 16.8. The maximum absolute atomic E-state index is 12.3. The number of aliphatic imine (C=N–C) groups is 1. The second kappa shape index (κ2) is 19.9. The van der Waals surface area contributed by atoms with E-state index in [1.807, 2.05) is 42.3 Å². The van der Waals surface area contributed by atoms with Crippen molar-refractivity contribution in [3.63, 3.8) is 0 Å². The normalized spacial score (nSPS) is 11.7. The number of carbonyl (C=O) groups is 1. The Hall–Kier alpha value is -3.07. The predicted molar refractivity (Wildman–Crippen MR) is 162 cm³/mol. The van der Waals surface area contributed by atoms with Crippen molar-refractivity contribution in [1.29, 1.82) is 0 Å². The van der Waals surface area contributed by atoms with Crippen molar-refractivity contribution >= 4 is 23.4 Å². The number of nitrogens with two attached hydrogens (primary N) is 2. The molecule has 1 amide bonds. The van der Waals surface area contributed by atoms with Crippen LogP contribution in [0.15, 0.2) is 102 Å². The Morgan fingerprint density at radius 2 is 1.74 bits per heavy atom. The molecule has 0 aliphatic carbocycles. The molecule has 2 aromatic carbocycles. The second-order valence-electron chi connectivity index (χ2n) is 8.66. The van der Waals surface area contributed by atoms with Crippen LogP contribution in [-0.4, -0.2) is 68.6 Å². The molecule has 12 heteroatoms. The van der Waals surface area contributed by atoms with Gasteiger partial charge in [0, 0.05) is 25.7 Å². The van der Waals surface area contributed by atoms with Crippen molar-refractivity contribution in [1.82, 2.24) is 9.88 Å². The fourth-order valence-corrected chi connectivity index (χ4v) is 3.32. The van der Waals surface area contributed by atoms with Crippen LogP contribution >= 0.6 is 0 Å². The van der Waals surface area contributed by atoms with Gasteiger partial charge in [-0.3, -0.25) is 4.79 Å². The summed E-state index contributed by atoms with van der Waals surface area (Å²) in [5.41, 5.74) is 11.5. The summed E-state index contributed by atoms with van der Waals surface area (Å²) in [6, 6.07) is 21.6. The Bertz CT molecular complexity index is 1320. The van der Waals surface area contributed by atoms with Crippen LogP contribution in [0.2, 0.25) is 0 Å². The molecule has 3 rings (SSSR count). The molecule has 0 aliphatic heterocycles. The van der Waals surface area contributed by atoms with Crippen LogP contribution in [0.5, 0.6) is 17.2 Å². The maximum Gasteiger partial charge on any atom is 1.00 e. The molecule has 0 fully saturated rings. The number of anilines is 1. The summed E-state index contributed by atoms with van der Waals surface area (Å²) in [7, 11) is 3.52. The number of pyridine rings is 1. The van der Waals surface area contributed by atoms with Crippen LogP contribution < -0.4 is 77.6 Å². The fourth-order valence-electron chi connectivity index (χ4n) is 3.32. The van der Waals surface area contributed by atoms with Gasteiger partial charge in [-0.1, -0.05) is 43.2 Å². The van der Waals surface area contributed by atoms with Crippen LogP contribution in [0.25, 0.3) is 5.32 Å². The Morgan fingerprint density at radius 3 is 2.45 bits per heavy atom. The molecule has 42 heavy (non-hydrogen) atoms. The number of nitrogens with zero attached hydrogens (tertiary/aromatic N) is 4. The number of nitrogens with one attached hydrogen (secondary N) is 1. The zero-order valence-electron chi connectivity index (χ0n) is 24.3. The van der Waals surface area contributed by atoms with E-state index in [2.05, 4.69) is 20.6 Å². The number of benzene rings is 2. The predicted octanol–water partition coefficient (Wildman–Crippen LogP) is 1.19. The van der Waals surface area contributed by atoms with E-state index in [0.29, 0.717) is 55.3 Å². The third kappa shape index (κ3) is 13.7. The number of rotatable bonds is 15. The molecular formula is C30H36KN7O4. The first-order valence-electron chi connectivity index (χ1n) is 13.0. The van der Waals surface area contributed by atoms with Crippen molar-refractivity contribution in [2.24, 2.45) is 16.5 Å². The largest absolute Gasteiger partial charge is 1.00 e. The van der Waals surface area contributed by atoms with Crippen molar-refractivity contribution in [3.8, 4) is 17.2 Å². The summed E-state index contributed by atoms with van der Waals surface area (Å²) in [5.74, 6) is 2.71. The van der Waals surface area contributed by atoms with Gasteiger partial charge in [0.1, 0.15) is 23.1 Å². The number of hydrogen-bond donors (Lipinski definition) is 3. The minimum Gasteiger partial charge on any atom is -0.469 e. The molecule has 3 aromatic rings. The average molecular weight is 598 g/mol. The fraction of sp³-hybridized carbons (Fsp3) is 0.233. The molecule has 0 radical (unpaired) electrons. The molecule has 0 aliphatic rings. The quantitative estimate of drug-likeness (QED) is 0.0590. The Morgan fingerprint density at radius 1 is 1.02 bits per heavy atom. The Balaban J connectivity index is 0.00000616. The first-order valence-corrected chi connectivity index (χ1v) is 13.0. The summed E-state index contributed by atoms with van der Waals surface area (Å²) in [6.07, 6.45) is 4.72.